The standard InChI is InChI=1S/C62H109NO10/c1-3-5-7-9-11-13-15-16-22-25-29-32-36-40-44-48-55(65)54(53-72-62-61(70)60(69)59(68)56(52-64)73-62)63-57(66)49-45-41-37-33-30-26-23-20-18-17-19-21-24-27-31-35-39-43-47-51-71-58(67)50-46-42-38-34-28-14-12-10-8-6-4-2/h10,12,15-16,21,24,27,29,31-32,44,48,54-56,59-62,64-65,68-70H,3-9,11,13-14,17-20,22-23,25-26,28,30,33-43,45-47,49-53H2,1-2H3,(H,63,66)/b12-10-,16-15+,24-21-,31-27-,32-29+,48-44+. The van der Waals surface area contributed by atoms with Crippen LogP contribution >= 0.6 is 0 Å². The molecule has 1 aliphatic rings. The van der Waals surface area contributed by atoms with Gasteiger partial charge in [0.25, 0.3) is 0 Å². The van der Waals surface area contributed by atoms with Gasteiger partial charge in [-0.1, -0.05) is 196 Å². The Kier molecular flexibility index (Phi) is 47.8. The van der Waals surface area contributed by atoms with Gasteiger partial charge in [-0.2, -0.15) is 0 Å². The first-order valence-corrected chi connectivity index (χ1v) is 29.7. The van der Waals surface area contributed by atoms with Gasteiger partial charge in [-0.25, -0.2) is 0 Å². The minimum absolute atomic E-state index is 0.0413. The number of ether oxygens (including phenoxy) is 3. The number of aliphatic hydroxyl groups is 5. The third kappa shape index (κ3) is 41.0. The second kappa shape index (κ2) is 51.2. The molecule has 422 valence electrons. The van der Waals surface area contributed by atoms with E-state index in [4.69, 9.17) is 14.2 Å². The average molecular weight is 1030 g/mol. The number of unbranched alkanes of at least 4 members (excludes halogenated alkanes) is 27. The Hall–Kier alpha value is -2.90. The predicted octanol–water partition coefficient (Wildman–Crippen LogP) is 13.6. The normalized spacial score (nSPS) is 19.5. The Morgan fingerprint density at radius 2 is 0.945 bits per heavy atom. The van der Waals surface area contributed by atoms with Gasteiger partial charge in [0.15, 0.2) is 6.29 Å². The van der Waals surface area contributed by atoms with Gasteiger partial charge in [-0.05, 0) is 109 Å². The van der Waals surface area contributed by atoms with Crippen LogP contribution in [-0.2, 0) is 23.8 Å². The first-order valence-electron chi connectivity index (χ1n) is 29.7. The average Bonchev–Trinajstić information content (AvgIpc) is 3.39. The molecule has 1 heterocycles. The molecule has 6 N–H and O–H groups in total. The van der Waals surface area contributed by atoms with Crippen LogP contribution in [0.2, 0.25) is 0 Å². The van der Waals surface area contributed by atoms with Gasteiger partial charge in [-0.15, -0.1) is 0 Å². The van der Waals surface area contributed by atoms with Crippen LogP contribution in [-0.4, -0.2) is 100 Å². The number of rotatable bonds is 50. The van der Waals surface area contributed by atoms with E-state index < -0.39 is 49.5 Å². The number of allylic oxidation sites excluding steroid dienone is 11. The smallest absolute Gasteiger partial charge is 0.305 e. The molecule has 7 unspecified atom stereocenters. The highest BCUT2D eigenvalue weighted by Crippen LogP contribution is 2.23. The number of aliphatic hydroxyl groups excluding tert-OH is 5. The lowest BCUT2D eigenvalue weighted by atomic mass is 9.99. The number of hydrogen-bond donors (Lipinski definition) is 6. The van der Waals surface area contributed by atoms with E-state index in [-0.39, 0.29) is 18.5 Å². The molecule has 0 aromatic carbocycles. The second-order valence-corrected chi connectivity index (χ2v) is 20.3. The molecule has 1 rings (SSSR count). The van der Waals surface area contributed by atoms with Crippen molar-refractivity contribution in [3.63, 3.8) is 0 Å². The van der Waals surface area contributed by atoms with Gasteiger partial charge in [-0.3, -0.25) is 9.59 Å². The zero-order valence-corrected chi connectivity index (χ0v) is 46.3. The third-order valence-corrected chi connectivity index (χ3v) is 13.5. The largest absolute Gasteiger partial charge is 0.466 e. The molecular weight excluding hydrogens is 919 g/mol. The van der Waals surface area contributed by atoms with Crippen molar-refractivity contribution in [1.29, 1.82) is 0 Å². The van der Waals surface area contributed by atoms with Crippen molar-refractivity contribution < 1.29 is 49.3 Å². The summed E-state index contributed by atoms with van der Waals surface area (Å²) >= 11 is 0. The maximum atomic E-state index is 13.0. The molecule has 1 aliphatic heterocycles. The van der Waals surface area contributed by atoms with E-state index in [0.29, 0.717) is 19.4 Å². The Bertz CT molecular complexity index is 1440. The van der Waals surface area contributed by atoms with Crippen molar-refractivity contribution >= 4 is 11.9 Å². The highest BCUT2D eigenvalue weighted by Gasteiger charge is 2.44. The van der Waals surface area contributed by atoms with Crippen LogP contribution in [0, 0.1) is 0 Å². The van der Waals surface area contributed by atoms with Crippen LogP contribution in [0.4, 0.5) is 0 Å². The first kappa shape index (κ1) is 68.1. The van der Waals surface area contributed by atoms with Crippen molar-refractivity contribution in [2.24, 2.45) is 0 Å². The fourth-order valence-corrected chi connectivity index (χ4v) is 8.73. The summed E-state index contributed by atoms with van der Waals surface area (Å²) in [6.07, 6.45) is 57.0. The zero-order valence-electron chi connectivity index (χ0n) is 46.3. The molecule has 0 saturated carbocycles. The van der Waals surface area contributed by atoms with Crippen molar-refractivity contribution in [2.75, 3.05) is 19.8 Å². The molecule has 7 atom stereocenters. The van der Waals surface area contributed by atoms with Crippen LogP contribution in [0.25, 0.3) is 0 Å². The van der Waals surface area contributed by atoms with Crippen molar-refractivity contribution in [1.82, 2.24) is 5.32 Å². The summed E-state index contributed by atoms with van der Waals surface area (Å²) in [5.41, 5.74) is 0. The molecule has 73 heavy (non-hydrogen) atoms. The van der Waals surface area contributed by atoms with Crippen molar-refractivity contribution in [3.05, 3.63) is 72.9 Å². The summed E-state index contributed by atoms with van der Waals surface area (Å²) in [5, 5.41) is 54.4. The van der Waals surface area contributed by atoms with Gasteiger partial charge in [0.05, 0.1) is 32.0 Å². The molecule has 11 heteroatoms. The Morgan fingerprint density at radius 1 is 0.507 bits per heavy atom. The summed E-state index contributed by atoms with van der Waals surface area (Å²) in [7, 11) is 0. The quantitative estimate of drug-likeness (QED) is 0.0149. The fraction of sp³-hybridized carbons (Fsp3) is 0.774. The zero-order chi connectivity index (χ0) is 53.1. The molecule has 1 saturated heterocycles. The van der Waals surface area contributed by atoms with E-state index in [1.165, 1.54) is 116 Å². The Morgan fingerprint density at radius 3 is 1.48 bits per heavy atom. The topological polar surface area (TPSA) is 175 Å². The van der Waals surface area contributed by atoms with Crippen LogP contribution in [0.3, 0.4) is 0 Å². The van der Waals surface area contributed by atoms with Gasteiger partial charge >= 0.3 is 5.97 Å². The van der Waals surface area contributed by atoms with E-state index in [2.05, 4.69) is 79.9 Å². The van der Waals surface area contributed by atoms with Crippen LogP contribution in [0.15, 0.2) is 72.9 Å². The van der Waals surface area contributed by atoms with Crippen molar-refractivity contribution in [3.8, 4) is 0 Å². The van der Waals surface area contributed by atoms with E-state index >= 15 is 0 Å². The third-order valence-electron chi connectivity index (χ3n) is 13.5. The van der Waals surface area contributed by atoms with Gasteiger partial charge in [0.1, 0.15) is 24.4 Å². The number of amides is 1. The molecule has 0 aromatic heterocycles. The van der Waals surface area contributed by atoms with E-state index in [1.54, 1.807) is 6.08 Å². The van der Waals surface area contributed by atoms with E-state index in [1.807, 2.05) is 6.08 Å². The number of esters is 1. The first-order chi connectivity index (χ1) is 35.7. The van der Waals surface area contributed by atoms with E-state index in [9.17, 15) is 35.1 Å². The maximum absolute atomic E-state index is 13.0. The lowest BCUT2D eigenvalue weighted by molar-refractivity contribution is -0.302. The van der Waals surface area contributed by atoms with Gasteiger partial charge in [0.2, 0.25) is 5.91 Å². The summed E-state index contributed by atoms with van der Waals surface area (Å²) in [6, 6.07) is -0.844. The molecule has 0 spiro atoms. The molecule has 1 amide bonds. The van der Waals surface area contributed by atoms with Crippen LogP contribution < -0.4 is 5.32 Å². The summed E-state index contributed by atoms with van der Waals surface area (Å²) in [6.45, 7) is 4.21. The second-order valence-electron chi connectivity index (χ2n) is 20.3. The minimum Gasteiger partial charge on any atom is -0.466 e. The molecular formula is C62H109NO10. The fourth-order valence-electron chi connectivity index (χ4n) is 8.73. The lowest BCUT2D eigenvalue weighted by Gasteiger charge is -2.40. The summed E-state index contributed by atoms with van der Waals surface area (Å²) in [4.78, 5) is 25.0. The highest BCUT2D eigenvalue weighted by atomic mass is 16.7. The minimum atomic E-state index is -1.59. The van der Waals surface area contributed by atoms with Gasteiger partial charge < -0.3 is 45.1 Å². The van der Waals surface area contributed by atoms with Gasteiger partial charge in [0, 0.05) is 12.8 Å². The van der Waals surface area contributed by atoms with Crippen molar-refractivity contribution in [2.45, 2.75) is 288 Å². The summed E-state index contributed by atoms with van der Waals surface area (Å²) in [5.74, 6) is -0.249. The number of hydrogen-bond acceptors (Lipinski definition) is 10. The molecule has 0 bridgehead atoms. The number of carbonyl (C=O) groups is 2. The predicted molar refractivity (Wildman–Crippen MR) is 301 cm³/mol. The SMILES string of the molecule is CCCC/C=C\CCCCCCCC(=O)OCCCCC/C=C\C=C/CCCCCCCCCCCCC(=O)NC(COC1OC(CO)C(O)C(O)C1O)C(O)/C=C/CC/C=C/CC/C=C/CCCCCCC. The van der Waals surface area contributed by atoms with Crippen LogP contribution in [0.1, 0.15) is 245 Å². The molecule has 0 radical (unpaired) electrons. The molecule has 1 fully saturated rings. The van der Waals surface area contributed by atoms with Crippen LogP contribution in [0.5, 0.6) is 0 Å². The monoisotopic (exact) mass is 1030 g/mol. The molecule has 0 aliphatic carbocycles. The molecule has 0 aromatic rings. The Labute approximate surface area is 445 Å². The Balaban J connectivity index is 2.17. The number of carbonyl (C=O) groups excluding carboxylic acids is 2. The maximum Gasteiger partial charge on any atom is 0.305 e. The number of nitrogens with one attached hydrogen (secondary N) is 1. The summed E-state index contributed by atoms with van der Waals surface area (Å²) < 4.78 is 16.6. The highest BCUT2D eigenvalue weighted by molar-refractivity contribution is 5.76. The molecule has 11 nitrogen and oxygen atoms in total. The lowest BCUT2D eigenvalue weighted by Crippen LogP contribution is -2.60. The van der Waals surface area contributed by atoms with E-state index in [0.717, 1.165) is 103 Å².